The van der Waals surface area contributed by atoms with Gasteiger partial charge in [0, 0.05) is 5.57 Å². The number of amides is 1. The lowest BCUT2D eigenvalue weighted by Gasteiger charge is -2.37. The molecule has 0 atom stereocenters. The molecule has 1 fully saturated rings. The summed E-state index contributed by atoms with van der Waals surface area (Å²) in [6, 6.07) is 0. The Morgan fingerprint density at radius 1 is 1.20 bits per heavy atom. The zero-order valence-electron chi connectivity index (χ0n) is 10.2. The van der Waals surface area contributed by atoms with Crippen LogP contribution in [-0.2, 0) is 4.79 Å². The van der Waals surface area contributed by atoms with Crippen LogP contribution >= 0.6 is 0 Å². The van der Waals surface area contributed by atoms with Crippen molar-refractivity contribution in [2.45, 2.75) is 46.5 Å². The predicted octanol–water partition coefficient (Wildman–Crippen LogP) is 2.88. The van der Waals surface area contributed by atoms with E-state index in [4.69, 9.17) is 5.73 Å². The molecule has 86 valence electrons. The summed E-state index contributed by atoms with van der Waals surface area (Å²) in [7, 11) is 0. The molecule has 1 aliphatic carbocycles. The molecule has 1 rings (SSSR count). The van der Waals surface area contributed by atoms with E-state index in [0.717, 1.165) is 18.8 Å². The highest BCUT2D eigenvalue weighted by Gasteiger charge is 2.31. The molecule has 0 heterocycles. The summed E-state index contributed by atoms with van der Waals surface area (Å²) in [5.74, 6) is 0.782. The van der Waals surface area contributed by atoms with E-state index in [1.165, 1.54) is 12.8 Å². The van der Waals surface area contributed by atoms with E-state index in [0.29, 0.717) is 16.9 Å². The molecule has 0 aromatic rings. The lowest BCUT2D eigenvalue weighted by Crippen LogP contribution is -2.29. The van der Waals surface area contributed by atoms with Gasteiger partial charge in [-0.15, -0.1) is 0 Å². The van der Waals surface area contributed by atoms with E-state index in [9.17, 15) is 4.79 Å². The molecule has 0 unspecified atom stereocenters. The van der Waals surface area contributed by atoms with Crippen molar-refractivity contribution in [2.24, 2.45) is 23.0 Å². The van der Waals surface area contributed by atoms with Crippen LogP contribution in [0.15, 0.2) is 12.2 Å². The average Bonchev–Trinajstić information content (AvgIpc) is 2.15. The van der Waals surface area contributed by atoms with Gasteiger partial charge >= 0.3 is 0 Å². The standard InChI is InChI=1S/C13H23NO/c1-9(12(14)15)10-5-7-11(8-6-10)13(2,3)4/h10-11H,1,5-8H2,2-4H3,(H2,14,15). The zero-order valence-corrected chi connectivity index (χ0v) is 10.2. The fourth-order valence-electron chi connectivity index (χ4n) is 2.51. The second-order valence-corrected chi connectivity index (χ2v) is 5.80. The first-order valence-electron chi connectivity index (χ1n) is 5.81. The first-order chi connectivity index (χ1) is 6.82. The fraction of sp³-hybridized carbons (Fsp3) is 0.769. The molecule has 0 aromatic carbocycles. The van der Waals surface area contributed by atoms with Crippen LogP contribution < -0.4 is 5.73 Å². The largest absolute Gasteiger partial charge is 0.366 e. The van der Waals surface area contributed by atoms with Crippen molar-refractivity contribution in [1.82, 2.24) is 0 Å². The molecule has 15 heavy (non-hydrogen) atoms. The van der Waals surface area contributed by atoms with Crippen molar-refractivity contribution in [3.05, 3.63) is 12.2 Å². The van der Waals surface area contributed by atoms with Crippen molar-refractivity contribution in [2.75, 3.05) is 0 Å². The van der Waals surface area contributed by atoms with Gasteiger partial charge in [-0.25, -0.2) is 0 Å². The molecule has 2 N–H and O–H groups in total. The predicted molar refractivity (Wildman–Crippen MR) is 63.2 cm³/mol. The third-order valence-electron chi connectivity index (χ3n) is 3.76. The summed E-state index contributed by atoms with van der Waals surface area (Å²) >= 11 is 0. The maximum atomic E-state index is 11.0. The van der Waals surface area contributed by atoms with Gasteiger partial charge in [0.05, 0.1) is 0 Å². The van der Waals surface area contributed by atoms with Crippen LogP contribution in [-0.4, -0.2) is 5.91 Å². The first-order valence-corrected chi connectivity index (χ1v) is 5.81. The molecule has 1 aliphatic rings. The normalized spacial score (nSPS) is 27.4. The Labute approximate surface area is 92.9 Å². The van der Waals surface area contributed by atoms with Crippen LogP contribution in [0.5, 0.6) is 0 Å². The van der Waals surface area contributed by atoms with Gasteiger partial charge in [0.25, 0.3) is 0 Å². The molecular weight excluding hydrogens is 186 g/mol. The lowest BCUT2D eigenvalue weighted by atomic mass is 9.68. The van der Waals surface area contributed by atoms with Gasteiger partial charge < -0.3 is 5.73 Å². The number of hydrogen-bond acceptors (Lipinski definition) is 1. The third-order valence-corrected chi connectivity index (χ3v) is 3.76. The van der Waals surface area contributed by atoms with Crippen molar-refractivity contribution >= 4 is 5.91 Å². The quantitative estimate of drug-likeness (QED) is 0.698. The van der Waals surface area contributed by atoms with Gasteiger partial charge in [0.1, 0.15) is 0 Å². The Hall–Kier alpha value is -0.790. The highest BCUT2D eigenvalue weighted by Crippen LogP contribution is 2.41. The van der Waals surface area contributed by atoms with Gasteiger partial charge in [-0.2, -0.15) is 0 Å². The number of primary amides is 1. The van der Waals surface area contributed by atoms with Crippen LogP contribution in [0.25, 0.3) is 0 Å². The summed E-state index contributed by atoms with van der Waals surface area (Å²) in [4.78, 5) is 11.0. The molecule has 0 bridgehead atoms. The van der Waals surface area contributed by atoms with E-state index in [-0.39, 0.29) is 5.91 Å². The van der Waals surface area contributed by atoms with Crippen LogP contribution in [0, 0.1) is 17.3 Å². The highest BCUT2D eigenvalue weighted by atomic mass is 16.1. The van der Waals surface area contributed by atoms with Gasteiger partial charge in [0.2, 0.25) is 5.91 Å². The second kappa shape index (κ2) is 4.38. The molecule has 0 saturated heterocycles. The Balaban J connectivity index is 2.50. The monoisotopic (exact) mass is 209 g/mol. The van der Waals surface area contributed by atoms with Crippen molar-refractivity contribution in [1.29, 1.82) is 0 Å². The number of rotatable bonds is 2. The van der Waals surface area contributed by atoms with E-state index >= 15 is 0 Å². The minimum Gasteiger partial charge on any atom is -0.366 e. The van der Waals surface area contributed by atoms with Gasteiger partial charge in [-0.3, -0.25) is 4.79 Å². The minimum atomic E-state index is -0.325. The third kappa shape index (κ3) is 3.08. The molecular formula is C13H23NO. The molecule has 2 nitrogen and oxygen atoms in total. The Morgan fingerprint density at radius 2 is 1.67 bits per heavy atom. The van der Waals surface area contributed by atoms with E-state index < -0.39 is 0 Å². The maximum absolute atomic E-state index is 11.0. The topological polar surface area (TPSA) is 43.1 Å². The molecule has 1 saturated carbocycles. The van der Waals surface area contributed by atoms with Crippen LogP contribution in [0.2, 0.25) is 0 Å². The molecule has 0 radical (unpaired) electrons. The number of carbonyl (C=O) groups excluding carboxylic acids is 1. The number of carbonyl (C=O) groups is 1. The van der Waals surface area contributed by atoms with E-state index in [1.807, 2.05) is 0 Å². The van der Waals surface area contributed by atoms with Crippen LogP contribution in [0.3, 0.4) is 0 Å². The van der Waals surface area contributed by atoms with Crippen molar-refractivity contribution in [3.8, 4) is 0 Å². The smallest absolute Gasteiger partial charge is 0.244 e. The fourth-order valence-corrected chi connectivity index (χ4v) is 2.51. The lowest BCUT2D eigenvalue weighted by molar-refractivity contribution is -0.115. The molecule has 0 spiro atoms. The molecule has 2 heteroatoms. The Kier molecular flexibility index (Phi) is 3.58. The zero-order chi connectivity index (χ0) is 11.6. The average molecular weight is 209 g/mol. The SMILES string of the molecule is C=C(C(N)=O)C1CCC(C(C)(C)C)CC1. The van der Waals surface area contributed by atoms with E-state index in [1.54, 1.807) is 0 Å². The van der Waals surface area contributed by atoms with Crippen molar-refractivity contribution < 1.29 is 4.79 Å². The summed E-state index contributed by atoms with van der Waals surface area (Å²) in [5.41, 5.74) is 6.26. The first kappa shape index (κ1) is 12.3. The van der Waals surface area contributed by atoms with Gasteiger partial charge in [-0.05, 0) is 42.9 Å². The highest BCUT2D eigenvalue weighted by molar-refractivity contribution is 5.91. The number of hydrogen-bond donors (Lipinski definition) is 1. The van der Waals surface area contributed by atoms with Gasteiger partial charge in [-0.1, -0.05) is 27.4 Å². The van der Waals surface area contributed by atoms with Crippen LogP contribution in [0.1, 0.15) is 46.5 Å². The minimum absolute atomic E-state index is 0.325. The summed E-state index contributed by atoms with van der Waals surface area (Å²) in [5, 5.41) is 0. The summed E-state index contributed by atoms with van der Waals surface area (Å²) in [6.07, 6.45) is 4.54. The molecule has 0 aliphatic heterocycles. The molecule has 1 amide bonds. The number of nitrogens with two attached hydrogens (primary N) is 1. The Morgan fingerprint density at radius 3 is 2.00 bits per heavy atom. The van der Waals surface area contributed by atoms with Crippen molar-refractivity contribution in [3.63, 3.8) is 0 Å². The maximum Gasteiger partial charge on any atom is 0.244 e. The summed E-state index contributed by atoms with van der Waals surface area (Å²) < 4.78 is 0. The van der Waals surface area contributed by atoms with Gasteiger partial charge in [0.15, 0.2) is 0 Å². The second-order valence-electron chi connectivity index (χ2n) is 5.80. The van der Waals surface area contributed by atoms with E-state index in [2.05, 4.69) is 27.4 Å². The van der Waals surface area contributed by atoms with Crippen LogP contribution in [0.4, 0.5) is 0 Å². The summed E-state index contributed by atoms with van der Waals surface area (Å²) in [6.45, 7) is 10.7. The Bertz CT molecular complexity index is 254. The molecule has 0 aromatic heterocycles.